The maximum absolute atomic E-state index is 4.76. The van der Waals surface area contributed by atoms with Gasteiger partial charge in [-0.2, -0.15) is 0 Å². The average Bonchev–Trinajstić information content (AvgIpc) is 3.22. The van der Waals surface area contributed by atoms with E-state index in [2.05, 4.69) is 53.5 Å². The van der Waals surface area contributed by atoms with Crippen LogP contribution in [0, 0.1) is 6.92 Å². The van der Waals surface area contributed by atoms with Crippen molar-refractivity contribution in [3.05, 3.63) is 53.2 Å². The van der Waals surface area contributed by atoms with Crippen LogP contribution in [-0.2, 0) is 13.0 Å². The van der Waals surface area contributed by atoms with E-state index in [-0.39, 0.29) is 0 Å². The Balaban J connectivity index is 1.62. The van der Waals surface area contributed by atoms with Crippen LogP contribution in [0.1, 0.15) is 29.7 Å². The van der Waals surface area contributed by atoms with E-state index in [0.29, 0.717) is 0 Å². The van der Waals surface area contributed by atoms with Gasteiger partial charge in [-0.05, 0) is 55.5 Å². The Morgan fingerprint density at radius 1 is 1.24 bits per heavy atom. The normalized spacial score (nSPS) is 17.1. The summed E-state index contributed by atoms with van der Waals surface area (Å²) in [5, 5.41) is 3.59. The molecule has 1 fully saturated rings. The Kier molecular flexibility index (Phi) is 3.15. The molecule has 1 aliphatic heterocycles. The van der Waals surface area contributed by atoms with Crippen molar-refractivity contribution in [2.24, 2.45) is 0 Å². The standard InChI is InChI=1S/C18H21N3/c1-13-10-14(12-19-16-6-7-16)11-18(20-13)21-9-8-15-4-2-3-5-17(15)21/h2-5,10-11,16,19H,6-9,12H2,1H3. The number of nitrogens with one attached hydrogen (secondary N) is 1. The van der Waals surface area contributed by atoms with Gasteiger partial charge in [0.25, 0.3) is 0 Å². The molecule has 2 aliphatic rings. The Hall–Kier alpha value is -1.87. The molecule has 0 spiro atoms. The molecule has 1 aliphatic carbocycles. The van der Waals surface area contributed by atoms with Crippen LogP contribution >= 0.6 is 0 Å². The zero-order valence-electron chi connectivity index (χ0n) is 12.5. The fraction of sp³-hybridized carbons (Fsp3) is 0.389. The molecule has 3 nitrogen and oxygen atoms in total. The van der Waals surface area contributed by atoms with Gasteiger partial charge in [-0.15, -0.1) is 0 Å². The van der Waals surface area contributed by atoms with Crippen LogP contribution < -0.4 is 10.2 Å². The number of pyridine rings is 1. The molecule has 1 N–H and O–H groups in total. The summed E-state index contributed by atoms with van der Waals surface area (Å²) in [6, 6.07) is 13.8. The van der Waals surface area contributed by atoms with E-state index in [9.17, 15) is 0 Å². The highest BCUT2D eigenvalue weighted by atomic mass is 15.2. The molecule has 4 rings (SSSR count). The Morgan fingerprint density at radius 3 is 2.95 bits per heavy atom. The molecule has 0 radical (unpaired) electrons. The van der Waals surface area contributed by atoms with E-state index in [4.69, 9.17) is 4.98 Å². The lowest BCUT2D eigenvalue weighted by Gasteiger charge is -2.20. The third kappa shape index (κ3) is 2.66. The first kappa shape index (κ1) is 12.8. The minimum absolute atomic E-state index is 0.745. The quantitative estimate of drug-likeness (QED) is 0.930. The summed E-state index contributed by atoms with van der Waals surface area (Å²) in [6.45, 7) is 4.08. The first-order valence-corrected chi connectivity index (χ1v) is 7.86. The average molecular weight is 279 g/mol. The summed E-state index contributed by atoms with van der Waals surface area (Å²) in [7, 11) is 0. The lowest BCUT2D eigenvalue weighted by atomic mass is 10.2. The van der Waals surface area contributed by atoms with Gasteiger partial charge in [0, 0.05) is 30.5 Å². The van der Waals surface area contributed by atoms with E-state index in [1.807, 2.05) is 0 Å². The summed E-state index contributed by atoms with van der Waals surface area (Å²) in [4.78, 5) is 7.11. The van der Waals surface area contributed by atoms with E-state index in [0.717, 1.165) is 37.1 Å². The molecule has 2 heterocycles. The van der Waals surface area contributed by atoms with Crippen LogP contribution in [0.3, 0.4) is 0 Å². The second-order valence-electron chi connectivity index (χ2n) is 6.16. The smallest absolute Gasteiger partial charge is 0.133 e. The van der Waals surface area contributed by atoms with Crippen molar-refractivity contribution in [1.29, 1.82) is 0 Å². The minimum atomic E-state index is 0.745. The lowest BCUT2D eigenvalue weighted by Crippen LogP contribution is -2.18. The Morgan fingerprint density at radius 2 is 2.10 bits per heavy atom. The predicted molar refractivity (Wildman–Crippen MR) is 86.0 cm³/mol. The Bertz CT molecular complexity index is 661. The fourth-order valence-electron chi connectivity index (χ4n) is 3.09. The van der Waals surface area contributed by atoms with Crippen molar-refractivity contribution in [2.75, 3.05) is 11.4 Å². The maximum Gasteiger partial charge on any atom is 0.133 e. The van der Waals surface area contributed by atoms with E-state index >= 15 is 0 Å². The van der Waals surface area contributed by atoms with Gasteiger partial charge in [0.1, 0.15) is 5.82 Å². The van der Waals surface area contributed by atoms with Gasteiger partial charge >= 0.3 is 0 Å². The number of nitrogens with zero attached hydrogens (tertiary/aromatic N) is 2. The number of para-hydroxylation sites is 1. The van der Waals surface area contributed by atoms with Crippen LogP contribution in [0.25, 0.3) is 0 Å². The molecule has 0 atom stereocenters. The van der Waals surface area contributed by atoms with Crippen molar-refractivity contribution >= 4 is 11.5 Å². The monoisotopic (exact) mass is 279 g/mol. The molecular weight excluding hydrogens is 258 g/mol. The molecule has 0 bridgehead atoms. The highest BCUT2D eigenvalue weighted by molar-refractivity contribution is 5.67. The van der Waals surface area contributed by atoms with Gasteiger partial charge in [-0.3, -0.25) is 0 Å². The summed E-state index contributed by atoms with van der Waals surface area (Å²) >= 11 is 0. The summed E-state index contributed by atoms with van der Waals surface area (Å²) < 4.78 is 0. The molecule has 1 aromatic heterocycles. The van der Waals surface area contributed by atoms with Crippen molar-refractivity contribution in [1.82, 2.24) is 10.3 Å². The molecule has 0 saturated heterocycles. The predicted octanol–water partition coefficient (Wildman–Crippen LogP) is 3.34. The number of fused-ring (bicyclic) bond motifs is 1. The molecule has 1 saturated carbocycles. The summed E-state index contributed by atoms with van der Waals surface area (Å²) in [6.07, 6.45) is 3.77. The maximum atomic E-state index is 4.76. The first-order valence-electron chi connectivity index (χ1n) is 7.86. The highest BCUT2D eigenvalue weighted by Gasteiger charge is 2.22. The first-order chi connectivity index (χ1) is 10.3. The van der Waals surface area contributed by atoms with Gasteiger partial charge in [-0.1, -0.05) is 18.2 Å². The molecule has 3 heteroatoms. The van der Waals surface area contributed by atoms with Crippen molar-refractivity contribution in [3.8, 4) is 0 Å². The number of hydrogen-bond donors (Lipinski definition) is 1. The van der Waals surface area contributed by atoms with Crippen LogP contribution in [0.15, 0.2) is 36.4 Å². The molecule has 108 valence electrons. The molecule has 2 aromatic rings. The molecule has 0 unspecified atom stereocenters. The highest BCUT2D eigenvalue weighted by Crippen LogP contribution is 2.33. The van der Waals surface area contributed by atoms with Crippen molar-refractivity contribution in [2.45, 2.75) is 38.8 Å². The zero-order chi connectivity index (χ0) is 14.2. The molecular formula is C18H21N3. The van der Waals surface area contributed by atoms with E-state index in [1.165, 1.54) is 29.7 Å². The number of anilines is 2. The van der Waals surface area contributed by atoms with Crippen LogP contribution in [-0.4, -0.2) is 17.6 Å². The third-order valence-corrected chi connectivity index (χ3v) is 4.34. The van der Waals surface area contributed by atoms with Gasteiger partial charge in [0.2, 0.25) is 0 Å². The summed E-state index contributed by atoms with van der Waals surface area (Å²) in [5.41, 5.74) is 5.19. The zero-order valence-corrected chi connectivity index (χ0v) is 12.5. The van der Waals surface area contributed by atoms with E-state index in [1.54, 1.807) is 0 Å². The van der Waals surface area contributed by atoms with Gasteiger partial charge in [-0.25, -0.2) is 4.98 Å². The second kappa shape index (κ2) is 5.15. The third-order valence-electron chi connectivity index (χ3n) is 4.34. The lowest BCUT2D eigenvalue weighted by molar-refractivity contribution is 0.686. The van der Waals surface area contributed by atoms with Gasteiger partial charge in [0.15, 0.2) is 0 Å². The largest absolute Gasteiger partial charge is 0.326 e. The molecule has 1 aromatic carbocycles. The topological polar surface area (TPSA) is 28.2 Å². The summed E-state index contributed by atoms with van der Waals surface area (Å²) in [5.74, 6) is 1.09. The number of aryl methyl sites for hydroxylation is 1. The molecule has 21 heavy (non-hydrogen) atoms. The van der Waals surface area contributed by atoms with E-state index < -0.39 is 0 Å². The fourth-order valence-corrected chi connectivity index (χ4v) is 3.09. The minimum Gasteiger partial charge on any atom is -0.326 e. The van der Waals surface area contributed by atoms with Crippen molar-refractivity contribution in [3.63, 3.8) is 0 Å². The van der Waals surface area contributed by atoms with Crippen molar-refractivity contribution < 1.29 is 0 Å². The van der Waals surface area contributed by atoms with Gasteiger partial charge < -0.3 is 10.2 Å². The number of aromatic nitrogens is 1. The molecule has 0 amide bonds. The SMILES string of the molecule is Cc1cc(CNC2CC2)cc(N2CCc3ccccc32)n1. The number of benzene rings is 1. The number of rotatable bonds is 4. The second-order valence-corrected chi connectivity index (χ2v) is 6.16. The van der Waals surface area contributed by atoms with Crippen LogP contribution in [0.5, 0.6) is 0 Å². The van der Waals surface area contributed by atoms with Crippen LogP contribution in [0.4, 0.5) is 11.5 Å². The number of hydrogen-bond acceptors (Lipinski definition) is 3. The van der Waals surface area contributed by atoms with Crippen LogP contribution in [0.2, 0.25) is 0 Å². The Labute approximate surface area is 126 Å². The van der Waals surface area contributed by atoms with Gasteiger partial charge in [0.05, 0.1) is 0 Å².